The van der Waals surface area contributed by atoms with Gasteiger partial charge in [0.15, 0.2) is 0 Å². The molecule has 0 radical (unpaired) electrons. The highest BCUT2D eigenvalue weighted by Gasteiger charge is 2.70. The predicted molar refractivity (Wildman–Crippen MR) is 89.7 cm³/mol. The van der Waals surface area contributed by atoms with Crippen LogP contribution < -0.4 is 4.74 Å². The lowest BCUT2D eigenvalue weighted by Crippen LogP contribution is -2.62. The molecule has 0 aromatic heterocycles. The first-order valence-electron chi connectivity index (χ1n) is 8.97. The van der Waals surface area contributed by atoms with Gasteiger partial charge < -0.3 is 19.8 Å². The summed E-state index contributed by atoms with van der Waals surface area (Å²) in [5, 5.41) is 21.4. The van der Waals surface area contributed by atoms with Crippen molar-refractivity contribution in [3.05, 3.63) is 29.8 Å². The van der Waals surface area contributed by atoms with Gasteiger partial charge in [-0.2, -0.15) is 0 Å². The van der Waals surface area contributed by atoms with Gasteiger partial charge >= 0.3 is 0 Å². The Labute approximate surface area is 146 Å². The number of hydrogen-bond acceptors (Lipinski definition) is 4. The van der Waals surface area contributed by atoms with Gasteiger partial charge in [0.25, 0.3) is 5.91 Å². The summed E-state index contributed by atoms with van der Waals surface area (Å²) in [4.78, 5) is 15.0. The second-order valence-corrected chi connectivity index (χ2v) is 7.81. The fraction of sp³-hybridized carbons (Fsp3) is 0.550. The number of piperidine rings is 1. The van der Waals surface area contributed by atoms with Crippen LogP contribution in [0.25, 0.3) is 0 Å². The first-order valence-corrected chi connectivity index (χ1v) is 8.97. The van der Waals surface area contributed by atoms with Crippen molar-refractivity contribution in [3.63, 3.8) is 0 Å². The van der Waals surface area contributed by atoms with Crippen LogP contribution in [-0.2, 0) is 0 Å². The molecule has 0 spiro atoms. The van der Waals surface area contributed by atoms with Crippen LogP contribution in [0, 0.1) is 36.0 Å². The van der Waals surface area contributed by atoms with Crippen molar-refractivity contribution in [3.8, 4) is 18.1 Å². The van der Waals surface area contributed by atoms with Gasteiger partial charge in [0, 0.05) is 5.56 Å². The molecule has 4 aliphatic rings. The number of benzene rings is 1. The van der Waals surface area contributed by atoms with Crippen molar-refractivity contribution in [2.24, 2.45) is 23.7 Å². The Kier molecular flexibility index (Phi) is 3.19. The Morgan fingerprint density at radius 1 is 1.16 bits per heavy atom. The zero-order chi connectivity index (χ0) is 17.3. The van der Waals surface area contributed by atoms with E-state index >= 15 is 0 Å². The van der Waals surface area contributed by atoms with E-state index in [1.54, 1.807) is 29.2 Å². The average molecular weight is 339 g/mol. The van der Waals surface area contributed by atoms with Crippen LogP contribution in [0.5, 0.6) is 5.75 Å². The van der Waals surface area contributed by atoms with E-state index in [1.807, 2.05) is 0 Å². The van der Waals surface area contributed by atoms with E-state index in [4.69, 9.17) is 11.2 Å². The average Bonchev–Trinajstić information content (AvgIpc) is 3.19. The third-order valence-electron chi connectivity index (χ3n) is 6.95. The number of carbonyl (C=O) groups excluding carboxylic acids is 1. The molecule has 1 amide bonds. The van der Waals surface area contributed by atoms with Crippen molar-refractivity contribution in [2.45, 2.75) is 37.1 Å². The molecule has 3 saturated carbocycles. The third-order valence-corrected chi connectivity index (χ3v) is 6.95. The minimum Gasteiger partial charge on any atom is -0.481 e. The van der Waals surface area contributed by atoms with Crippen molar-refractivity contribution < 1.29 is 19.7 Å². The lowest BCUT2D eigenvalue weighted by molar-refractivity contribution is -0.0836. The number of fused-ring (bicyclic) bond motifs is 3. The molecule has 2 N–H and O–H groups in total. The number of ether oxygens (including phenoxy) is 1. The number of rotatable bonds is 3. The summed E-state index contributed by atoms with van der Waals surface area (Å²) in [6, 6.07) is 6.61. The minimum absolute atomic E-state index is 0.108. The zero-order valence-corrected chi connectivity index (χ0v) is 13.8. The summed E-state index contributed by atoms with van der Waals surface area (Å²) < 4.78 is 5.35. The van der Waals surface area contributed by atoms with Crippen LogP contribution >= 0.6 is 0 Å². The van der Waals surface area contributed by atoms with Crippen LogP contribution in [0.15, 0.2) is 24.3 Å². The van der Waals surface area contributed by atoms with Crippen LogP contribution in [0.4, 0.5) is 0 Å². The molecule has 8 atom stereocenters. The van der Waals surface area contributed by atoms with E-state index in [-0.39, 0.29) is 42.4 Å². The summed E-state index contributed by atoms with van der Waals surface area (Å²) in [6.07, 6.45) is 6.03. The normalized spacial score (nSPS) is 42.7. The molecule has 4 bridgehead atoms. The summed E-state index contributed by atoms with van der Waals surface area (Å²) in [5.74, 6) is 4.05. The molecule has 1 heterocycles. The fourth-order valence-corrected chi connectivity index (χ4v) is 6.15. The van der Waals surface area contributed by atoms with Gasteiger partial charge in [-0.15, -0.1) is 6.42 Å². The summed E-state index contributed by atoms with van der Waals surface area (Å²) in [6.45, 7) is 0.188. The summed E-state index contributed by atoms with van der Waals surface area (Å²) in [5.41, 5.74) is 0.554. The highest BCUT2D eigenvalue weighted by atomic mass is 16.5. The van der Waals surface area contributed by atoms with Gasteiger partial charge in [-0.25, -0.2) is 0 Å². The standard InChI is InChI=1S/C20H21NO4/c1-2-7-25-11-5-3-10(4-6-11)20(24)21-15-9-12-13-8-14(16(12)19(15)23)17(21)18(13)22/h1,3-6,12-19,22-23H,7-9H2/t12-,13-,14+,15+,16+,17-,18+,19-/m1/s1. The number of hydrogen-bond donors (Lipinski definition) is 2. The SMILES string of the molecule is C#CCOc1ccc(C(=O)N2[C@H]3[C@@H](O)[C@@H]4C[C@H]3[C@H]3[C@H](O)[C@@H]2C[C@H]43)cc1. The van der Waals surface area contributed by atoms with Gasteiger partial charge in [0.2, 0.25) is 0 Å². The van der Waals surface area contributed by atoms with Crippen LogP contribution in [-0.4, -0.2) is 51.9 Å². The van der Waals surface area contributed by atoms with Crippen LogP contribution in [0.2, 0.25) is 0 Å². The van der Waals surface area contributed by atoms with Crippen LogP contribution in [0.1, 0.15) is 23.2 Å². The molecule has 1 aliphatic heterocycles. The Hall–Kier alpha value is -2.03. The number of carbonyl (C=O) groups is 1. The monoisotopic (exact) mass is 339 g/mol. The van der Waals surface area contributed by atoms with Crippen molar-refractivity contribution >= 4 is 5.91 Å². The van der Waals surface area contributed by atoms with Gasteiger partial charge in [0.1, 0.15) is 12.4 Å². The maximum atomic E-state index is 13.2. The Balaban J connectivity index is 1.45. The van der Waals surface area contributed by atoms with E-state index in [1.165, 1.54) is 0 Å². The topological polar surface area (TPSA) is 70.0 Å². The molecule has 3 aliphatic carbocycles. The van der Waals surface area contributed by atoms with E-state index in [9.17, 15) is 15.0 Å². The predicted octanol–water partition coefficient (Wildman–Crippen LogP) is 0.899. The second-order valence-electron chi connectivity index (χ2n) is 7.81. The Bertz CT molecular complexity index is 754. The van der Waals surface area contributed by atoms with Gasteiger partial charge in [0.05, 0.1) is 24.3 Å². The molecule has 1 aromatic carbocycles. The molecule has 130 valence electrons. The van der Waals surface area contributed by atoms with E-state index < -0.39 is 12.2 Å². The lowest BCUT2D eigenvalue weighted by Gasteiger charge is -2.48. The molecule has 1 aromatic rings. The van der Waals surface area contributed by atoms with Gasteiger partial charge in [-0.05, 0) is 60.8 Å². The molecule has 5 rings (SSSR count). The Morgan fingerprint density at radius 3 is 2.64 bits per heavy atom. The molecule has 0 unspecified atom stereocenters. The van der Waals surface area contributed by atoms with Crippen molar-refractivity contribution in [2.75, 3.05) is 6.61 Å². The van der Waals surface area contributed by atoms with Crippen molar-refractivity contribution in [1.82, 2.24) is 4.90 Å². The quantitative estimate of drug-likeness (QED) is 0.803. The Morgan fingerprint density at radius 2 is 1.92 bits per heavy atom. The first kappa shape index (κ1) is 15.2. The van der Waals surface area contributed by atoms with E-state index in [2.05, 4.69) is 5.92 Å². The number of nitrogens with zero attached hydrogens (tertiary/aromatic N) is 1. The largest absolute Gasteiger partial charge is 0.481 e. The number of aliphatic hydroxyl groups excluding tert-OH is 2. The molecule has 25 heavy (non-hydrogen) atoms. The maximum absolute atomic E-state index is 13.2. The smallest absolute Gasteiger partial charge is 0.254 e. The lowest BCUT2D eigenvalue weighted by atomic mass is 9.75. The van der Waals surface area contributed by atoms with Gasteiger partial charge in [-0.3, -0.25) is 4.79 Å². The highest BCUT2D eigenvalue weighted by Crippen LogP contribution is 2.64. The molecular weight excluding hydrogens is 318 g/mol. The third kappa shape index (κ3) is 1.90. The van der Waals surface area contributed by atoms with E-state index in [0.717, 1.165) is 12.8 Å². The number of likely N-dealkylation sites (tertiary alicyclic amines) is 1. The number of aliphatic hydroxyl groups is 2. The highest BCUT2D eigenvalue weighted by molar-refractivity contribution is 5.95. The molecule has 5 nitrogen and oxygen atoms in total. The van der Waals surface area contributed by atoms with Crippen LogP contribution in [0.3, 0.4) is 0 Å². The molecule has 1 saturated heterocycles. The molecular formula is C20H21NO4. The molecule has 5 heteroatoms. The summed E-state index contributed by atoms with van der Waals surface area (Å²) in [7, 11) is 0. The number of amides is 1. The fourth-order valence-electron chi connectivity index (χ4n) is 6.15. The minimum atomic E-state index is -0.453. The second kappa shape index (κ2) is 5.23. The summed E-state index contributed by atoms with van der Waals surface area (Å²) >= 11 is 0. The van der Waals surface area contributed by atoms with Crippen molar-refractivity contribution in [1.29, 1.82) is 0 Å². The molecule has 4 fully saturated rings. The van der Waals surface area contributed by atoms with Gasteiger partial charge in [-0.1, -0.05) is 5.92 Å². The number of terminal acetylenes is 1. The zero-order valence-electron chi connectivity index (χ0n) is 13.8. The first-order chi connectivity index (χ1) is 12.1. The van der Waals surface area contributed by atoms with E-state index in [0.29, 0.717) is 17.2 Å². The maximum Gasteiger partial charge on any atom is 0.254 e.